The van der Waals surface area contributed by atoms with Gasteiger partial charge in [0, 0.05) is 5.70 Å². The second kappa shape index (κ2) is 6.72. The smallest absolute Gasteiger partial charge is 0.338 e. The zero-order chi connectivity index (χ0) is 19.0. The third kappa shape index (κ3) is 2.89. The van der Waals surface area contributed by atoms with Crippen LogP contribution >= 0.6 is 0 Å². The zero-order valence-electron chi connectivity index (χ0n) is 14.8. The van der Waals surface area contributed by atoms with Crippen molar-refractivity contribution in [3.63, 3.8) is 0 Å². The van der Waals surface area contributed by atoms with E-state index in [0.29, 0.717) is 17.2 Å². The highest BCUT2D eigenvalue weighted by atomic mass is 19.1. The van der Waals surface area contributed by atoms with Crippen molar-refractivity contribution in [3.8, 4) is 0 Å². The van der Waals surface area contributed by atoms with Gasteiger partial charge in [-0.3, -0.25) is 4.57 Å². The molecule has 4 rings (SSSR count). The molecule has 5 nitrogen and oxygen atoms in total. The van der Waals surface area contributed by atoms with Crippen LogP contribution in [0.3, 0.4) is 0 Å². The molecule has 2 aromatic carbocycles. The molecule has 0 amide bonds. The van der Waals surface area contributed by atoms with E-state index in [-0.39, 0.29) is 12.4 Å². The summed E-state index contributed by atoms with van der Waals surface area (Å²) >= 11 is 0. The molecule has 0 fully saturated rings. The molecule has 1 N–H and O–H groups in total. The Kier molecular flexibility index (Phi) is 4.24. The van der Waals surface area contributed by atoms with Crippen LogP contribution in [0.4, 0.5) is 10.3 Å². The molecule has 2 heterocycles. The molecule has 0 spiro atoms. The topological polar surface area (TPSA) is 56.1 Å². The lowest BCUT2D eigenvalue weighted by atomic mass is 9.95. The van der Waals surface area contributed by atoms with Crippen molar-refractivity contribution in [2.75, 3.05) is 11.9 Å². The van der Waals surface area contributed by atoms with Gasteiger partial charge in [-0.05, 0) is 36.8 Å². The number of aromatic nitrogens is 2. The summed E-state index contributed by atoms with van der Waals surface area (Å²) in [6.45, 7) is 5.51. The maximum absolute atomic E-state index is 13.5. The summed E-state index contributed by atoms with van der Waals surface area (Å²) in [5, 5.41) is 3.20. The van der Waals surface area contributed by atoms with Gasteiger partial charge in [0.05, 0.1) is 22.6 Å². The minimum Gasteiger partial charge on any atom is -0.458 e. The van der Waals surface area contributed by atoms with Crippen molar-refractivity contribution in [1.82, 2.24) is 9.55 Å². The number of halogens is 1. The summed E-state index contributed by atoms with van der Waals surface area (Å²) in [4.78, 5) is 17.4. The molecule has 0 saturated heterocycles. The fourth-order valence-electron chi connectivity index (χ4n) is 3.40. The average molecular weight is 363 g/mol. The van der Waals surface area contributed by atoms with Crippen LogP contribution in [0.25, 0.3) is 11.0 Å². The fourth-order valence-corrected chi connectivity index (χ4v) is 3.40. The van der Waals surface area contributed by atoms with Crippen LogP contribution in [0.15, 0.2) is 72.5 Å². The Hall–Kier alpha value is -3.41. The van der Waals surface area contributed by atoms with Gasteiger partial charge >= 0.3 is 5.97 Å². The molecule has 1 aromatic heterocycles. The molecule has 27 heavy (non-hydrogen) atoms. The normalized spacial score (nSPS) is 16.0. The first-order chi connectivity index (χ1) is 13.1. The van der Waals surface area contributed by atoms with Gasteiger partial charge in [-0.2, -0.15) is 0 Å². The van der Waals surface area contributed by atoms with E-state index in [1.807, 2.05) is 35.8 Å². The molecule has 1 aliphatic heterocycles. The van der Waals surface area contributed by atoms with Gasteiger partial charge in [0.15, 0.2) is 0 Å². The Morgan fingerprint density at radius 1 is 1.30 bits per heavy atom. The first-order valence-electron chi connectivity index (χ1n) is 8.58. The number of allylic oxidation sites excluding steroid dienone is 1. The third-order valence-electron chi connectivity index (χ3n) is 4.57. The number of hydrogen-bond acceptors (Lipinski definition) is 4. The number of para-hydroxylation sites is 2. The van der Waals surface area contributed by atoms with Gasteiger partial charge in [0.25, 0.3) is 0 Å². The van der Waals surface area contributed by atoms with E-state index < -0.39 is 12.0 Å². The number of imidazole rings is 1. The van der Waals surface area contributed by atoms with E-state index in [1.165, 1.54) is 18.2 Å². The number of nitrogens with one attached hydrogen (secondary N) is 1. The molecule has 0 saturated carbocycles. The fraction of sp³-hybridized carbons (Fsp3) is 0.143. The highest BCUT2D eigenvalue weighted by molar-refractivity contribution is 5.94. The minimum absolute atomic E-state index is 0.114. The van der Waals surface area contributed by atoms with E-state index in [1.54, 1.807) is 12.1 Å². The number of rotatable bonds is 4. The van der Waals surface area contributed by atoms with Crippen molar-refractivity contribution in [1.29, 1.82) is 0 Å². The highest BCUT2D eigenvalue weighted by Gasteiger charge is 2.34. The lowest BCUT2D eigenvalue weighted by Crippen LogP contribution is -2.29. The van der Waals surface area contributed by atoms with E-state index >= 15 is 0 Å². The largest absolute Gasteiger partial charge is 0.458 e. The van der Waals surface area contributed by atoms with Crippen LogP contribution in [0.5, 0.6) is 0 Å². The molecule has 1 aliphatic rings. The molecule has 0 unspecified atom stereocenters. The van der Waals surface area contributed by atoms with E-state index in [9.17, 15) is 9.18 Å². The number of carbonyl (C=O) groups is 1. The second-order valence-electron chi connectivity index (χ2n) is 6.30. The van der Waals surface area contributed by atoms with Crippen molar-refractivity contribution >= 4 is 23.0 Å². The highest BCUT2D eigenvalue weighted by Crippen LogP contribution is 2.39. The van der Waals surface area contributed by atoms with Crippen molar-refractivity contribution in [2.45, 2.75) is 13.0 Å². The molecule has 0 radical (unpaired) electrons. The Morgan fingerprint density at radius 2 is 2.04 bits per heavy atom. The molecule has 6 heteroatoms. The van der Waals surface area contributed by atoms with Crippen molar-refractivity contribution in [3.05, 3.63) is 83.8 Å². The van der Waals surface area contributed by atoms with Crippen LogP contribution in [0, 0.1) is 5.82 Å². The number of anilines is 1. The molecular formula is C21H18FN3O2. The van der Waals surface area contributed by atoms with Gasteiger partial charge < -0.3 is 10.1 Å². The summed E-state index contributed by atoms with van der Waals surface area (Å²) in [7, 11) is 0. The van der Waals surface area contributed by atoms with Gasteiger partial charge in [-0.15, -0.1) is 0 Å². The maximum atomic E-state index is 13.5. The van der Waals surface area contributed by atoms with Gasteiger partial charge in [-0.1, -0.05) is 36.9 Å². The van der Waals surface area contributed by atoms with E-state index in [2.05, 4.69) is 16.9 Å². The first kappa shape index (κ1) is 17.0. The monoisotopic (exact) mass is 363 g/mol. The number of carbonyl (C=O) groups excluding carboxylic acids is 1. The number of benzene rings is 2. The molecule has 3 aromatic rings. The Balaban J connectivity index is 1.93. The Bertz CT molecular complexity index is 1070. The van der Waals surface area contributed by atoms with E-state index in [4.69, 9.17) is 4.74 Å². The Morgan fingerprint density at radius 3 is 2.78 bits per heavy atom. The molecular weight excluding hydrogens is 345 g/mol. The molecule has 1 atom stereocenters. The quantitative estimate of drug-likeness (QED) is 0.558. The molecule has 136 valence electrons. The van der Waals surface area contributed by atoms with Crippen LogP contribution < -0.4 is 5.32 Å². The van der Waals surface area contributed by atoms with Crippen LogP contribution in [0.2, 0.25) is 0 Å². The van der Waals surface area contributed by atoms with Crippen LogP contribution in [-0.4, -0.2) is 22.1 Å². The molecule has 0 bridgehead atoms. The van der Waals surface area contributed by atoms with Crippen molar-refractivity contribution < 1.29 is 13.9 Å². The Labute approximate surface area is 155 Å². The summed E-state index contributed by atoms with van der Waals surface area (Å²) in [5.41, 5.74) is 3.56. The summed E-state index contributed by atoms with van der Waals surface area (Å²) < 4.78 is 20.8. The lowest BCUT2D eigenvalue weighted by Gasteiger charge is -2.30. The summed E-state index contributed by atoms with van der Waals surface area (Å²) in [6.07, 6.45) is 1.52. The third-order valence-corrected chi connectivity index (χ3v) is 4.57. The minimum atomic E-state index is -0.480. The predicted octanol–water partition coefficient (Wildman–Crippen LogP) is 4.19. The number of esters is 1. The van der Waals surface area contributed by atoms with Gasteiger partial charge in [0.2, 0.25) is 5.95 Å². The van der Waals surface area contributed by atoms with Crippen LogP contribution in [0.1, 0.15) is 18.5 Å². The number of nitrogens with zero attached hydrogens (tertiary/aromatic N) is 2. The van der Waals surface area contributed by atoms with Crippen molar-refractivity contribution in [2.24, 2.45) is 0 Å². The zero-order valence-corrected chi connectivity index (χ0v) is 14.8. The van der Waals surface area contributed by atoms with Gasteiger partial charge in [0.1, 0.15) is 12.4 Å². The molecule has 0 aliphatic carbocycles. The van der Waals surface area contributed by atoms with Crippen LogP contribution in [-0.2, 0) is 9.53 Å². The summed E-state index contributed by atoms with van der Waals surface area (Å²) in [6, 6.07) is 13.3. The SMILES string of the molecule is C=CCOC(=O)C1=C(C)Nc2nc3ccccc3n2[C@H]1c1ccc(F)cc1. The first-order valence-corrected chi connectivity index (χ1v) is 8.58. The predicted molar refractivity (Wildman–Crippen MR) is 102 cm³/mol. The second-order valence-corrected chi connectivity index (χ2v) is 6.30. The lowest BCUT2D eigenvalue weighted by molar-refractivity contribution is -0.138. The van der Waals surface area contributed by atoms with Gasteiger partial charge in [-0.25, -0.2) is 14.2 Å². The summed E-state index contributed by atoms with van der Waals surface area (Å²) in [5.74, 6) is -0.152. The average Bonchev–Trinajstić information content (AvgIpc) is 3.03. The standard InChI is InChI=1S/C21H18FN3O2/c1-3-12-27-20(26)18-13(2)23-21-24-16-6-4-5-7-17(16)25(21)19(18)14-8-10-15(22)11-9-14/h3-11,19H,1,12H2,2H3,(H,23,24)/t19-/m0/s1. The number of ether oxygens (including phenoxy) is 1. The number of hydrogen-bond donors (Lipinski definition) is 1. The maximum Gasteiger partial charge on any atom is 0.338 e. The number of fused-ring (bicyclic) bond motifs is 3. The van der Waals surface area contributed by atoms with E-state index in [0.717, 1.165) is 16.6 Å².